The third-order valence-electron chi connectivity index (χ3n) is 5.56. The largest absolute Gasteiger partial charge is 0.384 e. The van der Waals surface area contributed by atoms with Crippen LogP contribution in [0.15, 0.2) is 30.3 Å². The van der Waals surface area contributed by atoms with Crippen LogP contribution in [0, 0.1) is 5.92 Å². The molecule has 8 nitrogen and oxygen atoms in total. The molecule has 0 aliphatic carbocycles. The van der Waals surface area contributed by atoms with Gasteiger partial charge in [0.05, 0.1) is 12.6 Å². The van der Waals surface area contributed by atoms with Crippen molar-refractivity contribution in [2.45, 2.75) is 45.7 Å². The third kappa shape index (κ3) is 6.88. The summed E-state index contributed by atoms with van der Waals surface area (Å²) in [6.07, 6.45) is 4.96. The number of methoxy groups -OCH3 is 1. The first-order valence-electron chi connectivity index (χ1n) is 11.3. The lowest BCUT2D eigenvalue weighted by Gasteiger charge is -2.22. The Kier molecular flexibility index (Phi) is 9.03. The second-order valence-corrected chi connectivity index (χ2v) is 8.96. The Morgan fingerprint density at radius 3 is 2.73 bits per heavy atom. The molecule has 0 radical (unpaired) electrons. The molecule has 2 heterocycles. The van der Waals surface area contributed by atoms with Crippen LogP contribution in [0.2, 0.25) is 5.02 Å². The number of aromatic nitrogens is 3. The maximum atomic E-state index is 12.8. The van der Waals surface area contributed by atoms with Crippen LogP contribution in [0.3, 0.4) is 0 Å². The van der Waals surface area contributed by atoms with Gasteiger partial charge in [-0.1, -0.05) is 43.6 Å². The standard InChI is InChI=1S/C24H32ClN5O3/c1-17(2)16-20(26-22(31)11-15-33-3)24-28-27-21-10-12-29(13-14-30(21)24)23(32)9-8-18-6-4-5-7-19(18)25/h4-9,17,20H,10-16H2,1-3H3,(H,26,31)/b9-8+/t20-/m0/s1. The molecule has 1 aliphatic heterocycles. The first-order chi connectivity index (χ1) is 15.9. The number of carbonyl (C=O) groups is 2. The monoisotopic (exact) mass is 473 g/mol. The fraction of sp³-hybridized carbons (Fsp3) is 0.500. The molecule has 3 rings (SSSR count). The highest BCUT2D eigenvalue weighted by Gasteiger charge is 2.26. The van der Waals surface area contributed by atoms with E-state index >= 15 is 0 Å². The van der Waals surface area contributed by atoms with Gasteiger partial charge in [0.15, 0.2) is 5.82 Å². The van der Waals surface area contributed by atoms with Gasteiger partial charge in [-0.3, -0.25) is 9.59 Å². The van der Waals surface area contributed by atoms with E-state index in [4.69, 9.17) is 16.3 Å². The van der Waals surface area contributed by atoms with Gasteiger partial charge in [-0.2, -0.15) is 0 Å². The molecule has 1 aromatic heterocycles. The van der Waals surface area contributed by atoms with Crippen molar-refractivity contribution < 1.29 is 14.3 Å². The number of amides is 2. The summed E-state index contributed by atoms with van der Waals surface area (Å²) in [5.74, 6) is 1.79. The summed E-state index contributed by atoms with van der Waals surface area (Å²) >= 11 is 6.18. The summed E-state index contributed by atoms with van der Waals surface area (Å²) in [7, 11) is 1.58. The van der Waals surface area contributed by atoms with Gasteiger partial charge in [-0.05, 0) is 30.0 Å². The van der Waals surface area contributed by atoms with Crippen molar-refractivity contribution in [2.24, 2.45) is 5.92 Å². The fourth-order valence-corrected chi connectivity index (χ4v) is 4.06. The molecule has 1 aromatic carbocycles. The summed E-state index contributed by atoms with van der Waals surface area (Å²) in [4.78, 5) is 27.0. The third-order valence-corrected chi connectivity index (χ3v) is 5.91. The van der Waals surface area contributed by atoms with Gasteiger partial charge < -0.3 is 19.5 Å². The summed E-state index contributed by atoms with van der Waals surface area (Å²) in [6.45, 7) is 6.26. The van der Waals surface area contributed by atoms with Gasteiger partial charge in [-0.15, -0.1) is 10.2 Å². The molecule has 0 bridgehead atoms. The number of hydrogen-bond donors (Lipinski definition) is 1. The van der Waals surface area contributed by atoms with E-state index in [1.54, 1.807) is 30.2 Å². The zero-order valence-electron chi connectivity index (χ0n) is 19.5. The van der Waals surface area contributed by atoms with Crippen LogP contribution in [0.1, 0.15) is 49.9 Å². The highest BCUT2D eigenvalue weighted by atomic mass is 35.5. The summed E-state index contributed by atoms with van der Waals surface area (Å²) < 4.78 is 7.07. The quantitative estimate of drug-likeness (QED) is 0.564. The number of carbonyl (C=O) groups excluding carboxylic acids is 2. The minimum atomic E-state index is -0.238. The molecule has 2 amide bonds. The molecule has 33 heavy (non-hydrogen) atoms. The molecule has 0 saturated carbocycles. The van der Waals surface area contributed by atoms with Crippen LogP contribution < -0.4 is 5.32 Å². The van der Waals surface area contributed by atoms with Crippen LogP contribution in [0.5, 0.6) is 0 Å². The molecule has 1 N–H and O–H groups in total. The Hall–Kier alpha value is -2.71. The Labute approximate surface area is 200 Å². The molecular formula is C24H32ClN5O3. The topological polar surface area (TPSA) is 89.3 Å². The van der Waals surface area contributed by atoms with Gasteiger partial charge in [0.2, 0.25) is 11.8 Å². The average molecular weight is 474 g/mol. The predicted octanol–water partition coefficient (Wildman–Crippen LogP) is 3.27. The number of rotatable bonds is 9. The Balaban J connectivity index is 1.70. The molecular weight excluding hydrogens is 442 g/mol. The number of nitrogens with zero attached hydrogens (tertiary/aromatic N) is 4. The molecule has 1 atom stereocenters. The SMILES string of the molecule is COCCC(=O)N[C@@H](CC(C)C)c1nnc2n1CCN(C(=O)/C=C/c1ccccc1Cl)CC2. The Bertz CT molecular complexity index is 988. The van der Waals surface area contributed by atoms with Gasteiger partial charge >= 0.3 is 0 Å². The van der Waals surface area contributed by atoms with Crippen LogP contribution >= 0.6 is 11.6 Å². The first-order valence-corrected chi connectivity index (χ1v) is 11.7. The van der Waals surface area contributed by atoms with Crippen molar-refractivity contribution in [3.05, 3.63) is 52.6 Å². The van der Waals surface area contributed by atoms with Crippen molar-refractivity contribution >= 4 is 29.5 Å². The van der Waals surface area contributed by atoms with E-state index in [0.717, 1.165) is 23.6 Å². The number of nitrogens with one attached hydrogen (secondary N) is 1. The van der Waals surface area contributed by atoms with Crippen LogP contribution in [-0.2, 0) is 27.3 Å². The molecule has 1 aliphatic rings. The van der Waals surface area contributed by atoms with E-state index in [0.29, 0.717) is 50.0 Å². The van der Waals surface area contributed by atoms with Gasteiger partial charge in [0.1, 0.15) is 5.82 Å². The zero-order valence-corrected chi connectivity index (χ0v) is 20.2. The minimum absolute atomic E-state index is 0.0678. The fourth-order valence-electron chi connectivity index (χ4n) is 3.86. The van der Waals surface area contributed by atoms with E-state index in [2.05, 4.69) is 33.9 Å². The highest BCUT2D eigenvalue weighted by Crippen LogP contribution is 2.23. The zero-order chi connectivity index (χ0) is 23.8. The van der Waals surface area contributed by atoms with Gasteiger partial charge in [0.25, 0.3) is 0 Å². The predicted molar refractivity (Wildman–Crippen MR) is 128 cm³/mol. The maximum absolute atomic E-state index is 12.8. The number of ether oxygens (including phenoxy) is 1. The Morgan fingerprint density at radius 1 is 1.21 bits per heavy atom. The lowest BCUT2D eigenvalue weighted by Crippen LogP contribution is -2.34. The molecule has 2 aromatic rings. The van der Waals surface area contributed by atoms with Crippen LogP contribution in [0.4, 0.5) is 0 Å². The number of halogens is 1. The molecule has 0 spiro atoms. The molecule has 178 valence electrons. The maximum Gasteiger partial charge on any atom is 0.246 e. The van der Waals surface area contributed by atoms with Crippen LogP contribution in [-0.4, -0.2) is 58.3 Å². The normalized spacial score (nSPS) is 14.9. The number of fused-ring (bicyclic) bond motifs is 1. The van der Waals surface area contributed by atoms with Crippen molar-refractivity contribution in [2.75, 3.05) is 26.8 Å². The van der Waals surface area contributed by atoms with E-state index in [-0.39, 0.29) is 17.9 Å². The summed E-state index contributed by atoms with van der Waals surface area (Å²) in [5.41, 5.74) is 0.808. The van der Waals surface area contributed by atoms with Gasteiger partial charge in [0, 0.05) is 50.7 Å². The second kappa shape index (κ2) is 12.0. The van der Waals surface area contributed by atoms with Crippen molar-refractivity contribution in [1.29, 1.82) is 0 Å². The lowest BCUT2D eigenvalue weighted by atomic mass is 10.0. The molecule has 0 saturated heterocycles. The lowest BCUT2D eigenvalue weighted by molar-refractivity contribution is -0.126. The van der Waals surface area contributed by atoms with Crippen molar-refractivity contribution in [3.8, 4) is 0 Å². The first kappa shape index (κ1) is 24.9. The molecule has 0 fully saturated rings. The van der Waals surface area contributed by atoms with Crippen molar-refractivity contribution in [3.63, 3.8) is 0 Å². The smallest absolute Gasteiger partial charge is 0.246 e. The van der Waals surface area contributed by atoms with Gasteiger partial charge in [-0.25, -0.2) is 0 Å². The molecule has 9 heteroatoms. The highest BCUT2D eigenvalue weighted by molar-refractivity contribution is 6.32. The number of hydrogen-bond acceptors (Lipinski definition) is 5. The molecule has 0 unspecified atom stereocenters. The van der Waals surface area contributed by atoms with Crippen LogP contribution in [0.25, 0.3) is 6.08 Å². The van der Waals surface area contributed by atoms with E-state index in [9.17, 15) is 9.59 Å². The van der Waals surface area contributed by atoms with E-state index in [1.165, 1.54) is 0 Å². The minimum Gasteiger partial charge on any atom is -0.384 e. The van der Waals surface area contributed by atoms with E-state index in [1.807, 2.05) is 18.2 Å². The second-order valence-electron chi connectivity index (χ2n) is 8.55. The number of benzene rings is 1. The summed E-state index contributed by atoms with van der Waals surface area (Å²) in [6, 6.07) is 7.18. The Morgan fingerprint density at radius 2 is 2.00 bits per heavy atom. The van der Waals surface area contributed by atoms with Crippen molar-refractivity contribution in [1.82, 2.24) is 25.0 Å². The average Bonchev–Trinajstić information content (AvgIpc) is 3.07. The summed E-state index contributed by atoms with van der Waals surface area (Å²) in [5, 5.41) is 12.5. The van der Waals surface area contributed by atoms with E-state index < -0.39 is 0 Å².